The number of aliphatic hydroxyl groups excluding tert-OH is 1. The minimum atomic E-state index is -0.0276. The van der Waals surface area contributed by atoms with E-state index in [0.29, 0.717) is 5.88 Å². The van der Waals surface area contributed by atoms with Gasteiger partial charge in [0.2, 0.25) is 5.88 Å². The molecule has 1 rings (SSSR count). The van der Waals surface area contributed by atoms with Crippen molar-refractivity contribution in [2.75, 3.05) is 7.11 Å². The van der Waals surface area contributed by atoms with Crippen molar-refractivity contribution in [2.45, 2.75) is 20.0 Å². The second-order valence-electron chi connectivity index (χ2n) is 2.48. The van der Waals surface area contributed by atoms with Crippen LogP contribution in [0.2, 0.25) is 0 Å². The summed E-state index contributed by atoms with van der Waals surface area (Å²) in [6, 6.07) is 3.73. The van der Waals surface area contributed by atoms with Gasteiger partial charge in [-0.1, -0.05) is 6.92 Å². The van der Waals surface area contributed by atoms with Gasteiger partial charge in [0.1, 0.15) is 0 Å². The van der Waals surface area contributed by atoms with Crippen molar-refractivity contribution in [3.05, 3.63) is 23.4 Å². The van der Waals surface area contributed by atoms with Crippen LogP contribution in [0.1, 0.15) is 18.2 Å². The monoisotopic (exact) mass is 167 g/mol. The highest BCUT2D eigenvalue weighted by Crippen LogP contribution is 2.15. The third kappa shape index (κ3) is 1.74. The first-order valence-corrected chi connectivity index (χ1v) is 3.95. The minimum absolute atomic E-state index is 0.0276. The summed E-state index contributed by atoms with van der Waals surface area (Å²) in [4.78, 5) is 4.20. The Bertz CT molecular complexity index is 261. The predicted molar refractivity (Wildman–Crippen MR) is 46.1 cm³/mol. The van der Waals surface area contributed by atoms with Crippen LogP contribution in [-0.4, -0.2) is 17.2 Å². The lowest BCUT2D eigenvalue weighted by Crippen LogP contribution is -1.97. The van der Waals surface area contributed by atoms with E-state index in [1.165, 1.54) is 0 Å². The largest absolute Gasteiger partial charge is 0.481 e. The van der Waals surface area contributed by atoms with Gasteiger partial charge in [-0.05, 0) is 18.6 Å². The molecule has 1 aromatic heterocycles. The van der Waals surface area contributed by atoms with Crippen LogP contribution in [0.3, 0.4) is 0 Å². The van der Waals surface area contributed by atoms with Gasteiger partial charge < -0.3 is 9.84 Å². The summed E-state index contributed by atoms with van der Waals surface area (Å²) in [6.45, 7) is 2.00. The maximum absolute atomic E-state index is 8.89. The summed E-state index contributed by atoms with van der Waals surface area (Å²) < 4.78 is 5.01. The minimum Gasteiger partial charge on any atom is -0.481 e. The van der Waals surface area contributed by atoms with Crippen molar-refractivity contribution >= 4 is 0 Å². The fourth-order valence-electron chi connectivity index (χ4n) is 1.00. The molecule has 0 bridgehead atoms. The van der Waals surface area contributed by atoms with Crippen molar-refractivity contribution in [1.82, 2.24) is 4.98 Å². The molecule has 66 valence electrons. The number of aryl methyl sites for hydroxylation is 1. The van der Waals surface area contributed by atoms with Gasteiger partial charge in [0, 0.05) is 11.3 Å². The predicted octanol–water partition coefficient (Wildman–Crippen LogP) is 1.14. The molecule has 1 N–H and O–H groups in total. The lowest BCUT2D eigenvalue weighted by Gasteiger charge is -2.05. The fraction of sp³-hybridized carbons (Fsp3) is 0.444. The van der Waals surface area contributed by atoms with Crippen LogP contribution in [0.15, 0.2) is 12.1 Å². The number of hydrogen-bond donors (Lipinski definition) is 1. The van der Waals surface area contributed by atoms with E-state index >= 15 is 0 Å². The van der Waals surface area contributed by atoms with Crippen LogP contribution < -0.4 is 4.74 Å². The van der Waals surface area contributed by atoms with E-state index in [0.717, 1.165) is 17.7 Å². The van der Waals surface area contributed by atoms with Crippen molar-refractivity contribution < 1.29 is 9.84 Å². The van der Waals surface area contributed by atoms with Crippen LogP contribution in [-0.2, 0) is 13.0 Å². The molecule has 0 saturated heterocycles. The molecule has 0 amide bonds. The van der Waals surface area contributed by atoms with E-state index in [2.05, 4.69) is 4.98 Å². The summed E-state index contributed by atoms with van der Waals surface area (Å²) in [5.74, 6) is 0.525. The van der Waals surface area contributed by atoms with Gasteiger partial charge in [-0.3, -0.25) is 0 Å². The maximum Gasteiger partial charge on any atom is 0.218 e. The van der Waals surface area contributed by atoms with Crippen molar-refractivity contribution in [2.24, 2.45) is 0 Å². The first-order valence-electron chi connectivity index (χ1n) is 3.95. The second-order valence-corrected chi connectivity index (χ2v) is 2.48. The summed E-state index contributed by atoms with van der Waals surface area (Å²) in [6.07, 6.45) is 0.877. The Kier molecular flexibility index (Phi) is 3.05. The summed E-state index contributed by atoms with van der Waals surface area (Å²) >= 11 is 0. The third-order valence-electron chi connectivity index (χ3n) is 1.72. The van der Waals surface area contributed by atoms with E-state index in [9.17, 15) is 0 Å². The lowest BCUT2D eigenvalue weighted by atomic mass is 10.2. The number of hydrogen-bond acceptors (Lipinski definition) is 3. The summed E-state index contributed by atoms with van der Waals surface area (Å²) in [5.41, 5.74) is 1.71. The standard InChI is InChI=1S/C9H13NO2/c1-3-8-5-4-7(6-11)9(10-8)12-2/h4-5,11H,3,6H2,1-2H3. The Morgan fingerprint density at radius 1 is 1.50 bits per heavy atom. The zero-order chi connectivity index (χ0) is 8.97. The molecule has 3 heteroatoms. The Hall–Kier alpha value is -1.09. The van der Waals surface area contributed by atoms with Crippen LogP contribution in [0.5, 0.6) is 5.88 Å². The molecule has 0 aliphatic heterocycles. The molecule has 0 fully saturated rings. The van der Waals surface area contributed by atoms with Crippen LogP contribution in [0.4, 0.5) is 0 Å². The SMILES string of the molecule is CCc1ccc(CO)c(OC)n1. The van der Waals surface area contributed by atoms with Gasteiger partial charge >= 0.3 is 0 Å². The van der Waals surface area contributed by atoms with E-state index in [4.69, 9.17) is 9.84 Å². The molecule has 0 radical (unpaired) electrons. The molecule has 0 saturated carbocycles. The molecule has 0 unspecified atom stereocenters. The molecule has 0 atom stereocenters. The van der Waals surface area contributed by atoms with Gasteiger partial charge in [-0.2, -0.15) is 0 Å². The average Bonchev–Trinajstić information content (AvgIpc) is 2.16. The lowest BCUT2D eigenvalue weighted by molar-refractivity contribution is 0.271. The Morgan fingerprint density at radius 2 is 2.25 bits per heavy atom. The molecule has 12 heavy (non-hydrogen) atoms. The topological polar surface area (TPSA) is 42.4 Å². The molecule has 0 spiro atoms. The quantitative estimate of drug-likeness (QED) is 0.734. The second kappa shape index (κ2) is 4.07. The first kappa shape index (κ1) is 9.00. The zero-order valence-corrected chi connectivity index (χ0v) is 7.37. The number of methoxy groups -OCH3 is 1. The Morgan fingerprint density at radius 3 is 2.75 bits per heavy atom. The van der Waals surface area contributed by atoms with Crippen molar-refractivity contribution in [3.8, 4) is 5.88 Å². The van der Waals surface area contributed by atoms with E-state index in [1.807, 2.05) is 19.1 Å². The van der Waals surface area contributed by atoms with Gasteiger partial charge in [-0.25, -0.2) is 4.98 Å². The maximum atomic E-state index is 8.89. The number of aliphatic hydroxyl groups is 1. The zero-order valence-electron chi connectivity index (χ0n) is 7.37. The Labute approximate surface area is 72.0 Å². The highest BCUT2D eigenvalue weighted by molar-refractivity contribution is 5.27. The normalized spacial score (nSPS) is 9.92. The Balaban J connectivity index is 3.02. The van der Waals surface area contributed by atoms with Crippen molar-refractivity contribution in [3.63, 3.8) is 0 Å². The van der Waals surface area contributed by atoms with Crippen LogP contribution in [0.25, 0.3) is 0 Å². The average molecular weight is 167 g/mol. The molecule has 1 aromatic rings. The highest BCUT2D eigenvalue weighted by atomic mass is 16.5. The van der Waals surface area contributed by atoms with Gasteiger partial charge in [0.05, 0.1) is 13.7 Å². The van der Waals surface area contributed by atoms with Gasteiger partial charge in [0.25, 0.3) is 0 Å². The summed E-state index contributed by atoms with van der Waals surface area (Å²) in [5, 5.41) is 8.89. The summed E-state index contributed by atoms with van der Waals surface area (Å²) in [7, 11) is 1.56. The molecule has 0 aliphatic rings. The number of aromatic nitrogens is 1. The van der Waals surface area contributed by atoms with Crippen molar-refractivity contribution in [1.29, 1.82) is 0 Å². The van der Waals surface area contributed by atoms with E-state index < -0.39 is 0 Å². The van der Waals surface area contributed by atoms with Crippen LogP contribution >= 0.6 is 0 Å². The first-order chi connectivity index (χ1) is 5.81. The molecular weight excluding hydrogens is 154 g/mol. The van der Waals surface area contributed by atoms with E-state index in [1.54, 1.807) is 7.11 Å². The number of rotatable bonds is 3. The van der Waals surface area contributed by atoms with Gasteiger partial charge in [-0.15, -0.1) is 0 Å². The number of ether oxygens (including phenoxy) is 1. The third-order valence-corrected chi connectivity index (χ3v) is 1.72. The van der Waals surface area contributed by atoms with Gasteiger partial charge in [0.15, 0.2) is 0 Å². The molecule has 0 aromatic carbocycles. The molecular formula is C9H13NO2. The van der Waals surface area contributed by atoms with E-state index in [-0.39, 0.29) is 6.61 Å². The van der Waals surface area contributed by atoms with Crippen LogP contribution in [0, 0.1) is 0 Å². The number of pyridine rings is 1. The molecule has 0 aliphatic carbocycles. The molecule has 3 nitrogen and oxygen atoms in total. The number of nitrogens with zero attached hydrogens (tertiary/aromatic N) is 1. The smallest absolute Gasteiger partial charge is 0.218 e. The molecule has 1 heterocycles. The highest BCUT2D eigenvalue weighted by Gasteiger charge is 2.03. The fourth-order valence-corrected chi connectivity index (χ4v) is 1.00.